The molecule has 27 heavy (non-hydrogen) atoms. The first-order valence-electron chi connectivity index (χ1n) is 9.94. The van der Waals surface area contributed by atoms with E-state index in [-0.39, 0.29) is 46.9 Å². The highest BCUT2D eigenvalue weighted by atomic mass is 16.3. The van der Waals surface area contributed by atoms with Crippen LogP contribution in [0.4, 0.5) is 0 Å². The number of fused-ring (bicyclic) bond motifs is 5. The fourth-order valence-corrected chi connectivity index (χ4v) is 7.07. The van der Waals surface area contributed by atoms with Gasteiger partial charge in [0.2, 0.25) is 0 Å². The number of carbonyl (C=O) groups excluding carboxylic acids is 3. The second kappa shape index (κ2) is 5.84. The van der Waals surface area contributed by atoms with E-state index in [1.807, 2.05) is 13.0 Å². The molecular weight excluding hydrogens is 340 g/mol. The van der Waals surface area contributed by atoms with Gasteiger partial charge in [-0.1, -0.05) is 38.5 Å². The third kappa shape index (κ3) is 2.35. The second-order valence-corrected chi connectivity index (χ2v) is 9.55. The summed E-state index contributed by atoms with van der Waals surface area (Å²) in [7, 11) is 0. The minimum absolute atomic E-state index is 0.0233. The van der Waals surface area contributed by atoms with E-state index in [0.717, 1.165) is 17.6 Å². The summed E-state index contributed by atoms with van der Waals surface area (Å²) in [5.74, 6) is 0.0255. The van der Waals surface area contributed by atoms with E-state index in [9.17, 15) is 19.5 Å². The number of aliphatic hydroxyl groups excluding tert-OH is 1. The Labute approximate surface area is 160 Å². The van der Waals surface area contributed by atoms with Crippen molar-refractivity contribution in [1.82, 2.24) is 0 Å². The average Bonchev–Trinajstić information content (AvgIpc) is 2.85. The van der Waals surface area contributed by atoms with E-state index in [1.54, 1.807) is 12.2 Å². The summed E-state index contributed by atoms with van der Waals surface area (Å²) in [6.07, 6.45) is 8.64. The SMILES string of the molecule is CC1=C[C@H]2[C@@H]3C[C@@H](C)[C@H](C(=O)CO)[C@@]3(C)CC(=O)[C@@H]2[C@@]2(C)C=CC(=O)C=C12. The number of hydrogen-bond donors (Lipinski definition) is 1. The third-order valence-corrected chi connectivity index (χ3v) is 7.98. The van der Waals surface area contributed by atoms with Gasteiger partial charge in [0.25, 0.3) is 0 Å². The molecule has 0 amide bonds. The van der Waals surface area contributed by atoms with Crippen molar-refractivity contribution in [3.05, 3.63) is 35.5 Å². The number of Topliss-reactive ketones (excluding diaryl/α,β-unsaturated/α-hetero) is 2. The summed E-state index contributed by atoms with van der Waals surface area (Å²) >= 11 is 0. The van der Waals surface area contributed by atoms with Crippen LogP contribution in [0.3, 0.4) is 0 Å². The lowest BCUT2D eigenvalue weighted by Crippen LogP contribution is -2.54. The lowest BCUT2D eigenvalue weighted by Gasteiger charge is -2.54. The largest absolute Gasteiger partial charge is 0.389 e. The van der Waals surface area contributed by atoms with Crippen molar-refractivity contribution < 1.29 is 19.5 Å². The fraction of sp³-hybridized carbons (Fsp3) is 0.609. The van der Waals surface area contributed by atoms with Crippen LogP contribution in [0.5, 0.6) is 0 Å². The Kier molecular flexibility index (Phi) is 4.01. The zero-order valence-electron chi connectivity index (χ0n) is 16.5. The Morgan fingerprint density at radius 1 is 1.30 bits per heavy atom. The molecule has 0 radical (unpaired) electrons. The number of carbonyl (C=O) groups is 3. The van der Waals surface area contributed by atoms with Gasteiger partial charge in [-0.3, -0.25) is 14.4 Å². The van der Waals surface area contributed by atoms with Crippen molar-refractivity contribution in [2.45, 2.75) is 40.5 Å². The van der Waals surface area contributed by atoms with Crippen LogP contribution in [-0.2, 0) is 14.4 Å². The summed E-state index contributed by atoms with van der Waals surface area (Å²) in [6, 6.07) is 0. The highest BCUT2D eigenvalue weighted by Gasteiger charge is 2.63. The second-order valence-electron chi connectivity index (χ2n) is 9.55. The molecule has 0 bridgehead atoms. The zero-order valence-corrected chi connectivity index (χ0v) is 16.5. The van der Waals surface area contributed by atoms with Crippen LogP contribution in [-0.4, -0.2) is 29.1 Å². The van der Waals surface area contributed by atoms with Crippen LogP contribution in [0.2, 0.25) is 0 Å². The standard InChI is InChI=1S/C23H28O4/c1-12-7-15-17-8-13(2)20(19(27)11-24)23(17,4)10-18(26)21(15)22(3)6-5-14(25)9-16(12)22/h5-7,9,13,15,17,20-21,24H,8,10-11H2,1-4H3/t13-,15+,17+,20-,21-,22+,23+/m1/s1. The van der Waals surface area contributed by atoms with Crippen LogP contribution in [0.15, 0.2) is 35.5 Å². The Bertz CT molecular complexity index is 831. The molecule has 0 spiro atoms. The Hall–Kier alpha value is -1.81. The van der Waals surface area contributed by atoms with Gasteiger partial charge in [-0.25, -0.2) is 0 Å². The third-order valence-electron chi connectivity index (χ3n) is 7.98. The highest BCUT2D eigenvalue weighted by molar-refractivity contribution is 6.02. The van der Waals surface area contributed by atoms with Crippen molar-refractivity contribution in [2.24, 2.45) is 40.4 Å². The first-order chi connectivity index (χ1) is 12.6. The van der Waals surface area contributed by atoms with Gasteiger partial charge in [-0.05, 0) is 54.2 Å². The molecule has 0 aromatic carbocycles. The maximum atomic E-state index is 13.4. The minimum Gasteiger partial charge on any atom is -0.389 e. The lowest BCUT2D eigenvalue weighted by atomic mass is 9.48. The van der Waals surface area contributed by atoms with E-state index < -0.39 is 17.4 Å². The molecule has 4 aliphatic carbocycles. The van der Waals surface area contributed by atoms with Crippen molar-refractivity contribution >= 4 is 17.3 Å². The van der Waals surface area contributed by atoms with Crippen molar-refractivity contribution in [1.29, 1.82) is 0 Å². The molecule has 4 rings (SSSR count). The first kappa shape index (κ1) is 18.5. The van der Waals surface area contributed by atoms with Gasteiger partial charge in [-0.2, -0.15) is 0 Å². The summed E-state index contributed by atoms with van der Waals surface area (Å²) in [5.41, 5.74) is 1.17. The molecule has 144 valence electrons. The number of ketones is 3. The fourth-order valence-electron chi connectivity index (χ4n) is 7.07. The van der Waals surface area contributed by atoms with Gasteiger partial charge in [-0.15, -0.1) is 0 Å². The molecule has 0 saturated heterocycles. The molecule has 7 atom stereocenters. The van der Waals surface area contributed by atoms with E-state index in [2.05, 4.69) is 26.8 Å². The number of allylic oxidation sites excluding steroid dienone is 6. The molecule has 4 heteroatoms. The van der Waals surface area contributed by atoms with Crippen molar-refractivity contribution in [3.8, 4) is 0 Å². The molecule has 2 fully saturated rings. The van der Waals surface area contributed by atoms with E-state index in [0.29, 0.717) is 6.42 Å². The van der Waals surface area contributed by atoms with Crippen LogP contribution in [0, 0.1) is 40.4 Å². The number of hydrogen-bond acceptors (Lipinski definition) is 4. The molecule has 0 heterocycles. The zero-order chi connectivity index (χ0) is 19.7. The minimum atomic E-state index is -0.460. The molecule has 0 aliphatic heterocycles. The molecule has 4 nitrogen and oxygen atoms in total. The predicted molar refractivity (Wildman–Crippen MR) is 102 cm³/mol. The monoisotopic (exact) mass is 368 g/mol. The molecule has 1 N–H and O–H groups in total. The molecule has 4 aliphatic rings. The summed E-state index contributed by atoms with van der Waals surface area (Å²) in [6.45, 7) is 7.80. The van der Waals surface area contributed by atoms with E-state index >= 15 is 0 Å². The van der Waals surface area contributed by atoms with Gasteiger partial charge in [0.15, 0.2) is 11.6 Å². The Morgan fingerprint density at radius 2 is 2.00 bits per heavy atom. The molecule has 0 aromatic rings. The smallest absolute Gasteiger partial charge is 0.178 e. The van der Waals surface area contributed by atoms with Crippen molar-refractivity contribution in [2.75, 3.05) is 6.61 Å². The maximum absolute atomic E-state index is 13.4. The van der Waals surface area contributed by atoms with Gasteiger partial charge >= 0.3 is 0 Å². The molecule has 2 saturated carbocycles. The van der Waals surface area contributed by atoms with Crippen LogP contribution >= 0.6 is 0 Å². The average molecular weight is 368 g/mol. The summed E-state index contributed by atoms with van der Waals surface area (Å²) < 4.78 is 0. The summed E-state index contributed by atoms with van der Waals surface area (Å²) in [4.78, 5) is 37.9. The van der Waals surface area contributed by atoms with Gasteiger partial charge in [0, 0.05) is 23.7 Å². The highest BCUT2D eigenvalue weighted by Crippen LogP contribution is 2.65. The maximum Gasteiger partial charge on any atom is 0.178 e. The number of rotatable bonds is 2. The van der Waals surface area contributed by atoms with Crippen molar-refractivity contribution in [3.63, 3.8) is 0 Å². The Balaban J connectivity index is 1.84. The van der Waals surface area contributed by atoms with Gasteiger partial charge in [0.05, 0.1) is 0 Å². The molecule has 0 unspecified atom stereocenters. The lowest BCUT2D eigenvalue weighted by molar-refractivity contribution is -0.143. The molecule has 0 aromatic heterocycles. The molecular formula is C23H28O4. The first-order valence-corrected chi connectivity index (χ1v) is 9.94. The van der Waals surface area contributed by atoms with Gasteiger partial charge in [0.1, 0.15) is 12.4 Å². The normalized spacial score (nSPS) is 45.6. The van der Waals surface area contributed by atoms with Crippen LogP contribution in [0.25, 0.3) is 0 Å². The van der Waals surface area contributed by atoms with Crippen LogP contribution in [0.1, 0.15) is 40.5 Å². The van der Waals surface area contributed by atoms with E-state index in [1.165, 1.54) is 0 Å². The summed E-state index contributed by atoms with van der Waals surface area (Å²) in [5, 5.41) is 9.48. The predicted octanol–water partition coefficient (Wildman–Crippen LogP) is 3.06. The van der Waals surface area contributed by atoms with E-state index in [4.69, 9.17) is 0 Å². The quantitative estimate of drug-likeness (QED) is 0.813. The van der Waals surface area contributed by atoms with Crippen LogP contribution < -0.4 is 0 Å². The number of aliphatic hydroxyl groups is 1. The van der Waals surface area contributed by atoms with Gasteiger partial charge < -0.3 is 5.11 Å². The Morgan fingerprint density at radius 3 is 2.67 bits per heavy atom. The topological polar surface area (TPSA) is 71.4 Å².